The summed E-state index contributed by atoms with van der Waals surface area (Å²) in [6.45, 7) is 2.46. The second kappa shape index (κ2) is 5.96. The average Bonchev–Trinajstić information content (AvgIpc) is 2.38. The number of phenolic OH excluding ortho intramolecular Hbond substituents is 2. The van der Waals surface area contributed by atoms with Crippen molar-refractivity contribution < 1.29 is 14.9 Å². The fourth-order valence-electron chi connectivity index (χ4n) is 1.73. The van der Waals surface area contributed by atoms with Gasteiger partial charge in [-0.05, 0) is 42.3 Å². The van der Waals surface area contributed by atoms with Crippen molar-refractivity contribution in [2.75, 3.05) is 6.61 Å². The Morgan fingerprint density at radius 1 is 0.895 bits per heavy atom. The molecule has 3 nitrogen and oxygen atoms in total. The molecule has 0 radical (unpaired) electrons. The monoisotopic (exact) mass is 256 g/mol. The first-order valence-corrected chi connectivity index (χ1v) is 6.11. The molecule has 0 saturated heterocycles. The minimum Gasteiger partial charge on any atom is -0.508 e. The van der Waals surface area contributed by atoms with Gasteiger partial charge in [0.15, 0.2) is 0 Å². The Kier molecular flexibility index (Phi) is 4.08. The summed E-state index contributed by atoms with van der Waals surface area (Å²) in [5, 5.41) is 18.8. The first-order valence-electron chi connectivity index (χ1n) is 6.11. The Morgan fingerprint density at radius 2 is 1.58 bits per heavy atom. The normalized spacial score (nSPS) is 10.8. The highest BCUT2D eigenvalue weighted by atomic mass is 16.5. The van der Waals surface area contributed by atoms with E-state index in [-0.39, 0.29) is 11.5 Å². The smallest absolute Gasteiger partial charge is 0.123 e. The van der Waals surface area contributed by atoms with Crippen molar-refractivity contribution in [2.45, 2.75) is 6.92 Å². The zero-order chi connectivity index (χ0) is 13.7. The maximum atomic E-state index is 9.61. The van der Waals surface area contributed by atoms with E-state index < -0.39 is 0 Å². The van der Waals surface area contributed by atoms with E-state index in [0.717, 1.165) is 11.1 Å². The zero-order valence-corrected chi connectivity index (χ0v) is 10.7. The molecular weight excluding hydrogens is 240 g/mol. The van der Waals surface area contributed by atoms with Gasteiger partial charge in [0.25, 0.3) is 0 Å². The standard InChI is InChI=1S/C16H16O3/c1-2-19-16-10-13(9-15(18)11-16)4-3-12-5-7-14(17)8-6-12/h3-11,17-18H,2H2,1H3. The molecule has 0 saturated carbocycles. The van der Waals surface area contributed by atoms with Crippen molar-refractivity contribution in [1.82, 2.24) is 0 Å². The molecule has 0 amide bonds. The minimum absolute atomic E-state index is 0.177. The maximum absolute atomic E-state index is 9.61. The third-order valence-corrected chi connectivity index (χ3v) is 2.59. The van der Waals surface area contributed by atoms with Crippen molar-refractivity contribution in [2.24, 2.45) is 0 Å². The quantitative estimate of drug-likeness (QED) is 0.821. The van der Waals surface area contributed by atoms with Gasteiger partial charge in [-0.1, -0.05) is 24.3 Å². The lowest BCUT2D eigenvalue weighted by Crippen LogP contribution is -1.91. The van der Waals surface area contributed by atoms with Crippen LogP contribution in [0.4, 0.5) is 0 Å². The second-order valence-electron chi connectivity index (χ2n) is 4.12. The fourth-order valence-corrected chi connectivity index (χ4v) is 1.73. The number of aromatic hydroxyl groups is 2. The molecule has 0 aromatic heterocycles. The summed E-state index contributed by atoms with van der Waals surface area (Å²) in [7, 11) is 0. The molecule has 2 N–H and O–H groups in total. The summed E-state index contributed by atoms with van der Waals surface area (Å²) in [6.07, 6.45) is 3.79. The van der Waals surface area contributed by atoms with Gasteiger partial charge < -0.3 is 14.9 Å². The highest BCUT2D eigenvalue weighted by Gasteiger charge is 1.98. The molecule has 0 unspecified atom stereocenters. The van der Waals surface area contributed by atoms with Crippen molar-refractivity contribution in [3.05, 3.63) is 53.6 Å². The van der Waals surface area contributed by atoms with Crippen LogP contribution in [0.15, 0.2) is 42.5 Å². The average molecular weight is 256 g/mol. The van der Waals surface area contributed by atoms with Crippen LogP contribution in [0.25, 0.3) is 12.2 Å². The molecule has 0 aliphatic rings. The summed E-state index contributed by atoms with van der Waals surface area (Å²) in [5.41, 5.74) is 1.83. The second-order valence-corrected chi connectivity index (χ2v) is 4.12. The predicted molar refractivity (Wildman–Crippen MR) is 76.3 cm³/mol. The third-order valence-electron chi connectivity index (χ3n) is 2.59. The molecule has 0 heterocycles. The maximum Gasteiger partial charge on any atom is 0.123 e. The molecule has 98 valence electrons. The van der Waals surface area contributed by atoms with Crippen LogP contribution in [-0.2, 0) is 0 Å². The van der Waals surface area contributed by atoms with Crippen LogP contribution in [0.2, 0.25) is 0 Å². The summed E-state index contributed by atoms with van der Waals surface area (Å²) in [5.74, 6) is 1.07. The zero-order valence-electron chi connectivity index (χ0n) is 10.7. The first-order chi connectivity index (χ1) is 9.17. The van der Waals surface area contributed by atoms with Crippen LogP contribution in [0.5, 0.6) is 17.2 Å². The molecule has 2 rings (SSSR count). The highest BCUT2D eigenvalue weighted by Crippen LogP contribution is 2.23. The van der Waals surface area contributed by atoms with E-state index in [0.29, 0.717) is 12.4 Å². The molecule has 0 aliphatic carbocycles. The Morgan fingerprint density at radius 3 is 2.26 bits per heavy atom. The molecule has 0 fully saturated rings. The van der Waals surface area contributed by atoms with Gasteiger partial charge in [-0.3, -0.25) is 0 Å². The molecule has 0 atom stereocenters. The largest absolute Gasteiger partial charge is 0.508 e. The van der Waals surface area contributed by atoms with Crippen LogP contribution < -0.4 is 4.74 Å². The van der Waals surface area contributed by atoms with Gasteiger partial charge in [0.1, 0.15) is 17.2 Å². The third kappa shape index (κ3) is 3.78. The van der Waals surface area contributed by atoms with Gasteiger partial charge in [0, 0.05) is 6.07 Å². The molecule has 3 heteroatoms. The van der Waals surface area contributed by atoms with Gasteiger partial charge in [-0.15, -0.1) is 0 Å². The predicted octanol–water partition coefficient (Wildman–Crippen LogP) is 3.67. The van der Waals surface area contributed by atoms with Gasteiger partial charge >= 0.3 is 0 Å². The Bertz CT molecular complexity index is 571. The molecule has 19 heavy (non-hydrogen) atoms. The topological polar surface area (TPSA) is 49.7 Å². The highest BCUT2D eigenvalue weighted by molar-refractivity contribution is 5.71. The Labute approximate surface area is 112 Å². The van der Waals surface area contributed by atoms with Crippen LogP contribution in [-0.4, -0.2) is 16.8 Å². The van der Waals surface area contributed by atoms with Crippen molar-refractivity contribution in [3.63, 3.8) is 0 Å². The van der Waals surface area contributed by atoms with E-state index >= 15 is 0 Å². The summed E-state index contributed by atoms with van der Waals surface area (Å²) in [6, 6.07) is 12.0. The number of phenols is 2. The number of hydrogen-bond acceptors (Lipinski definition) is 3. The number of benzene rings is 2. The molecule has 0 spiro atoms. The van der Waals surface area contributed by atoms with E-state index in [9.17, 15) is 10.2 Å². The lowest BCUT2D eigenvalue weighted by Gasteiger charge is -2.05. The van der Waals surface area contributed by atoms with Gasteiger partial charge in [-0.2, -0.15) is 0 Å². The Hall–Kier alpha value is -2.42. The van der Waals surface area contributed by atoms with Gasteiger partial charge in [-0.25, -0.2) is 0 Å². The lowest BCUT2D eigenvalue weighted by molar-refractivity contribution is 0.337. The van der Waals surface area contributed by atoms with Crippen LogP contribution in [0, 0.1) is 0 Å². The number of ether oxygens (including phenoxy) is 1. The van der Waals surface area contributed by atoms with E-state index in [1.165, 1.54) is 0 Å². The molecule has 2 aromatic carbocycles. The lowest BCUT2D eigenvalue weighted by atomic mass is 10.1. The number of hydrogen-bond donors (Lipinski definition) is 2. The van der Waals surface area contributed by atoms with E-state index in [1.807, 2.05) is 37.3 Å². The van der Waals surface area contributed by atoms with Gasteiger partial charge in [0.2, 0.25) is 0 Å². The molecule has 2 aromatic rings. The summed E-state index contributed by atoms with van der Waals surface area (Å²) >= 11 is 0. The van der Waals surface area contributed by atoms with Crippen LogP contribution in [0.3, 0.4) is 0 Å². The molecular formula is C16H16O3. The first kappa shape index (κ1) is 13.0. The minimum atomic E-state index is 0.177. The van der Waals surface area contributed by atoms with Crippen molar-refractivity contribution >= 4 is 12.2 Å². The molecule has 0 aliphatic heterocycles. The Balaban J connectivity index is 2.20. The fraction of sp³-hybridized carbons (Fsp3) is 0.125. The van der Waals surface area contributed by atoms with Gasteiger partial charge in [0.05, 0.1) is 6.61 Å². The van der Waals surface area contributed by atoms with Crippen LogP contribution >= 0.6 is 0 Å². The number of rotatable bonds is 4. The summed E-state index contributed by atoms with van der Waals surface area (Å²) < 4.78 is 5.37. The summed E-state index contributed by atoms with van der Waals surface area (Å²) in [4.78, 5) is 0. The van der Waals surface area contributed by atoms with E-state index in [2.05, 4.69) is 0 Å². The van der Waals surface area contributed by atoms with Crippen molar-refractivity contribution in [1.29, 1.82) is 0 Å². The van der Waals surface area contributed by atoms with E-state index in [4.69, 9.17) is 4.74 Å². The van der Waals surface area contributed by atoms with Crippen molar-refractivity contribution in [3.8, 4) is 17.2 Å². The SMILES string of the molecule is CCOc1cc(O)cc(C=Cc2ccc(O)cc2)c1. The van der Waals surface area contributed by atoms with E-state index in [1.54, 1.807) is 24.3 Å². The molecule has 0 bridgehead atoms. The van der Waals surface area contributed by atoms with Crippen LogP contribution in [0.1, 0.15) is 18.1 Å².